The Bertz CT molecular complexity index is 567. The van der Waals surface area contributed by atoms with Gasteiger partial charge in [0.05, 0.1) is 4.88 Å². The number of hydrogen-bond donors (Lipinski definition) is 0. The molecule has 2 aromatic rings. The number of aryl methyl sites for hydroxylation is 1. The molecule has 0 radical (unpaired) electrons. The van der Waals surface area contributed by atoms with Gasteiger partial charge >= 0.3 is 0 Å². The summed E-state index contributed by atoms with van der Waals surface area (Å²) in [6.45, 7) is 2.98. The van der Waals surface area contributed by atoms with Crippen molar-refractivity contribution in [1.29, 1.82) is 0 Å². The van der Waals surface area contributed by atoms with Gasteiger partial charge in [-0.3, -0.25) is 0 Å². The van der Waals surface area contributed by atoms with Gasteiger partial charge in [0.2, 0.25) is 11.7 Å². The maximum Gasteiger partial charge on any atom is 0.227 e. The number of carbonyl (C=O) groups is 1. The molecule has 3 rings (SSSR count). The number of hydrogen-bond acceptors (Lipinski definition) is 6. The standard InChI is InChI=1S/C15H19N3O2S/c19-11-12-4-1-7-18(10-12)8-2-6-14-16-15(17-20-14)13-5-3-9-21-13/h3,5,9,11-12H,1-2,4,6-8,10H2. The van der Waals surface area contributed by atoms with Crippen molar-refractivity contribution in [1.82, 2.24) is 15.0 Å². The second-order valence-corrected chi connectivity index (χ2v) is 6.38. The Labute approximate surface area is 128 Å². The van der Waals surface area contributed by atoms with Gasteiger partial charge in [-0.15, -0.1) is 11.3 Å². The Morgan fingerprint density at radius 3 is 3.29 bits per heavy atom. The SMILES string of the molecule is O=CC1CCCN(CCCc2nc(-c3cccs3)no2)C1. The molecule has 0 bridgehead atoms. The van der Waals surface area contributed by atoms with Crippen molar-refractivity contribution < 1.29 is 9.32 Å². The fraction of sp³-hybridized carbons (Fsp3) is 0.533. The van der Waals surface area contributed by atoms with Crippen molar-refractivity contribution in [2.24, 2.45) is 5.92 Å². The van der Waals surface area contributed by atoms with E-state index < -0.39 is 0 Å². The van der Waals surface area contributed by atoms with E-state index in [1.165, 1.54) is 0 Å². The van der Waals surface area contributed by atoms with Gasteiger partial charge < -0.3 is 14.2 Å². The molecule has 0 aliphatic carbocycles. The van der Waals surface area contributed by atoms with E-state index >= 15 is 0 Å². The van der Waals surface area contributed by atoms with Crippen LogP contribution in [0.15, 0.2) is 22.0 Å². The van der Waals surface area contributed by atoms with Crippen LogP contribution in [0.4, 0.5) is 0 Å². The molecule has 0 aromatic carbocycles. The van der Waals surface area contributed by atoms with Crippen LogP contribution in [0.25, 0.3) is 10.7 Å². The first-order valence-electron chi connectivity index (χ1n) is 7.39. The molecule has 0 spiro atoms. The monoisotopic (exact) mass is 305 g/mol. The first-order chi connectivity index (χ1) is 10.3. The summed E-state index contributed by atoms with van der Waals surface area (Å²) in [5.41, 5.74) is 0. The highest BCUT2D eigenvalue weighted by molar-refractivity contribution is 7.13. The van der Waals surface area contributed by atoms with Crippen molar-refractivity contribution in [3.63, 3.8) is 0 Å². The smallest absolute Gasteiger partial charge is 0.227 e. The lowest BCUT2D eigenvalue weighted by Gasteiger charge is -2.29. The van der Waals surface area contributed by atoms with Crippen molar-refractivity contribution in [3.8, 4) is 10.7 Å². The number of likely N-dealkylation sites (tertiary alicyclic amines) is 1. The van der Waals surface area contributed by atoms with E-state index in [0.29, 0.717) is 11.7 Å². The maximum atomic E-state index is 10.9. The predicted molar refractivity (Wildman–Crippen MR) is 81.2 cm³/mol. The zero-order valence-electron chi connectivity index (χ0n) is 11.9. The van der Waals surface area contributed by atoms with E-state index in [1.807, 2.05) is 17.5 Å². The molecule has 1 aliphatic heterocycles. The minimum Gasteiger partial charge on any atom is -0.339 e. The molecule has 0 amide bonds. The summed E-state index contributed by atoms with van der Waals surface area (Å²) >= 11 is 1.61. The summed E-state index contributed by atoms with van der Waals surface area (Å²) in [4.78, 5) is 18.7. The fourth-order valence-electron chi connectivity index (χ4n) is 2.72. The van der Waals surface area contributed by atoms with Crippen LogP contribution in [0.5, 0.6) is 0 Å². The van der Waals surface area contributed by atoms with Crippen molar-refractivity contribution >= 4 is 17.6 Å². The van der Waals surface area contributed by atoms with Crippen molar-refractivity contribution in [2.45, 2.75) is 25.7 Å². The van der Waals surface area contributed by atoms with Crippen LogP contribution in [0.2, 0.25) is 0 Å². The van der Waals surface area contributed by atoms with Crippen LogP contribution in [0, 0.1) is 5.92 Å². The zero-order chi connectivity index (χ0) is 14.5. The molecular weight excluding hydrogens is 286 g/mol. The lowest BCUT2D eigenvalue weighted by molar-refractivity contribution is -0.112. The van der Waals surface area contributed by atoms with E-state index in [-0.39, 0.29) is 5.92 Å². The average Bonchev–Trinajstić information content (AvgIpc) is 3.18. The molecule has 1 saturated heterocycles. The molecule has 1 fully saturated rings. The number of carbonyl (C=O) groups excluding carboxylic acids is 1. The number of thiophene rings is 1. The lowest BCUT2D eigenvalue weighted by Crippen LogP contribution is -2.36. The van der Waals surface area contributed by atoms with E-state index in [1.54, 1.807) is 11.3 Å². The Morgan fingerprint density at radius 1 is 1.52 bits per heavy atom. The molecule has 0 N–H and O–H groups in total. The number of aromatic nitrogens is 2. The molecule has 1 aliphatic rings. The fourth-order valence-corrected chi connectivity index (χ4v) is 3.37. The summed E-state index contributed by atoms with van der Waals surface area (Å²) in [7, 11) is 0. The third kappa shape index (κ3) is 3.77. The molecule has 1 atom stereocenters. The highest BCUT2D eigenvalue weighted by Crippen LogP contribution is 2.21. The zero-order valence-corrected chi connectivity index (χ0v) is 12.7. The minimum absolute atomic E-state index is 0.215. The molecule has 2 aromatic heterocycles. The second kappa shape index (κ2) is 6.95. The normalized spacial score (nSPS) is 19.7. The van der Waals surface area contributed by atoms with Crippen LogP contribution >= 0.6 is 11.3 Å². The maximum absolute atomic E-state index is 10.9. The topological polar surface area (TPSA) is 59.2 Å². The first kappa shape index (κ1) is 14.4. The lowest BCUT2D eigenvalue weighted by atomic mass is 9.99. The highest BCUT2D eigenvalue weighted by Gasteiger charge is 2.19. The Balaban J connectivity index is 1.46. The third-order valence-corrected chi connectivity index (χ3v) is 4.67. The molecule has 6 heteroatoms. The summed E-state index contributed by atoms with van der Waals surface area (Å²) in [6.07, 6.45) is 5.02. The van der Waals surface area contributed by atoms with Gasteiger partial charge in [-0.1, -0.05) is 11.2 Å². The molecule has 112 valence electrons. The molecular formula is C15H19N3O2S. The Morgan fingerprint density at radius 2 is 2.48 bits per heavy atom. The van der Waals surface area contributed by atoms with Crippen molar-refractivity contribution in [3.05, 3.63) is 23.4 Å². The summed E-state index contributed by atoms with van der Waals surface area (Å²) in [5, 5.41) is 6.02. The van der Waals surface area contributed by atoms with Gasteiger partial charge in [-0.25, -0.2) is 0 Å². The number of rotatable bonds is 6. The third-order valence-electron chi connectivity index (χ3n) is 3.81. The molecule has 21 heavy (non-hydrogen) atoms. The van der Waals surface area contributed by atoms with Crippen LogP contribution < -0.4 is 0 Å². The quantitative estimate of drug-likeness (QED) is 0.768. The molecule has 3 heterocycles. The Hall–Kier alpha value is -1.53. The van der Waals surface area contributed by atoms with Crippen molar-refractivity contribution in [2.75, 3.05) is 19.6 Å². The average molecular weight is 305 g/mol. The van der Waals surface area contributed by atoms with Gasteiger partial charge in [0.15, 0.2) is 0 Å². The Kier molecular flexibility index (Phi) is 4.77. The number of piperidine rings is 1. The molecule has 5 nitrogen and oxygen atoms in total. The van der Waals surface area contributed by atoms with E-state index in [2.05, 4.69) is 15.0 Å². The first-order valence-corrected chi connectivity index (χ1v) is 8.27. The van der Waals surface area contributed by atoms with E-state index in [9.17, 15) is 4.79 Å². The van der Waals surface area contributed by atoms with Crippen LogP contribution in [0.1, 0.15) is 25.2 Å². The summed E-state index contributed by atoms with van der Waals surface area (Å²) in [6, 6.07) is 3.97. The number of aldehydes is 1. The van der Waals surface area contributed by atoms with Crippen LogP contribution in [-0.2, 0) is 11.2 Å². The number of nitrogens with zero attached hydrogens (tertiary/aromatic N) is 3. The highest BCUT2D eigenvalue weighted by atomic mass is 32.1. The largest absolute Gasteiger partial charge is 0.339 e. The van der Waals surface area contributed by atoms with Gasteiger partial charge in [0, 0.05) is 18.9 Å². The van der Waals surface area contributed by atoms with E-state index in [4.69, 9.17) is 4.52 Å². The molecule has 1 unspecified atom stereocenters. The summed E-state index contributed by atoms with van der Waals surface area (Å²) < 4.78 is 5.29. The predicted octanol–water partition coefficient (Wildman–Crippen LogP) is 2.64. The van der Waals surface area contributed by atoms with Gasteiger partial charge in [0.1, 0.15) is 6.29 Å². The van der Waals surface area contributed by atoms with E-state index in [0.717, 1.165) is 56.5 Å². The summed E-state index contributed by atoms with van der Waals surface area (Å²) in [5.74, 6) is 1.59. The van der Waals surface area contributed by atoms with Gasteiger partial charge in [-0.2, -0.15) is 4.98 Å². The van der Waals surface area contributed by atoms with Gasteiger partial charge in [-0.05, 0) is 43.8 Å². The van der Waals surface area contributed by atoms with Gasteiger partial charge in [0.25, 0.3) is 0 Å². The van der Waals surface area contributed by atoms with Crippen LogP contribution in [-0.4, -0.2) is 41.0 Å². The second-order valence-electron chi connectivity index (χ2n) is 5.43. The molecule has 0 saturated carbocycles. The minimum atomic E-state index is 0.215. The van der Waals surface area contributed by atoms with Crippen LogP contribution in [0.3, 0.4) is 0 Å².